The Balaban J connectivity index is 0.000000791. The van der Waals surface area contributed by atoms with Gasteiger partial charge in [-0.1, -0.05) is 13.8 Å². The molecule has 2 unspecified atom stereocenters. The molecule has 0 aliphatic carbocycles. The van der Waals surface area contributed by atoms with Gasteiger partial charge in [-0.3, -0.25) is 0 Å². The van der Waals surface area contributed by atoms with E-state index in [0.717, 1.165) is 13.0 Å². The maximum atomic E-state index is 12.3. The Kier molecular flexibility index (Phi) is 7.11. The number of alkyl halides is 1. The van der Waals surface area contributed by atoms with E-state index in [1.807, 2.05) is 13.8 Å². The highest BCUT2D eigenvalue weighted by atomic mass is 19.1. The third-order valence-electron chi connectivity index (χ3n) is 2.53. The Labute approximate surface area is 87.4 Å². The summed E-state index contributed by atoms with van der Waals surface area (Å²) in [5.41, 5.74) is 0. The molecule has 86 valence electrons. The van der Waals surface area contributed by atoms with Gasteiger partial charge in [0, 0.05) is 12.6 Å². The summed E-state index contributed by atoms with van der Waals surface area (Å²) in [6, 6.07) is 0.619. The number of hydrogen-bond donors (Lipinski definition) is 0. The lowest BCUT2D eigenvalue weighted by atomic mass is 10.1. The third kappa shape index (κ3) is 4.91. The van der Waals surface area contributed by atoms with Crippen molar-refractivity contribution in [2.24, 2.45) is 5.92 Å². The first kappa shape index (κ1) is 13.8. The van der Waals surface area contributed by atoms with Gasteiger partial charge in [0.05, 0.1) is 6.61 Å². The SMILES string of the molecule is CC.CC(F)OCC1C[C@@H](C)N(C)C1. The zero-order valence-corrected chi connectivity index (χ0v) is 10.1. The molecule has 2 nitrogen and oxygen atoms in total. The van der Waals surface area contributed by atoms with Crippen molar-refractivity contribution in [2.75, 3.05) is 20.2 Å². The van der Waals surface area contributed by atoms with Crippen LogP contribution >= 0.6 is 0 Å². The first-order valence-electron chi connectivity index (χ1n) is 5.55. The maximum absolute atomic E-state index is 12.3. The van der Waals surface area contributed by atoms with Crippen LogP contribution in [-0.2, 0) is 4.74 Å². The molecule has 14 heavy (non-hydrogen) atoms. The van der Waals surface area contributed by atoms with Crippen LogP contribution in [0.25, 0.3) is 0 Å². The Morgan fingerprint density at radius 3 is 2.43 bits per heavy atom. The molecule has 0 aromatic carbocycles. The molecule has 1 saturated heterocycles. The number of nitrogens with zero attached hydrogens (tertiary/aromatic N) is 1. The van der Waals surface area contributed by atoms with E-state index >= 15 is 0 Å². The summed E-state index contributed by atoms with van der Waals surface area (Å²) in [4.78, 5) is 2.29. The molecule has 0 aromatic heterocycles. The van der Waals surface area contributed by atoms with Gasteiger partial charge in [-0.25, -0.2) is 4.39 Å². The summed E-state index contributed by atoms with van der Waals surface area (Å²) in [5, 5.41) is 0. The molecule has 1 fully saturated rings. The van der Waals surface area contributed by atoms with Gasteiger partial charge < -0.3 is 9.64 Å². The van der Waals surface area contributed by atoms with Crippen molar-refractivity contribution in [1.29, 1.82) is 0 Å². The van der Waals surface area contributed by atoms with Crippen molar-refractivity contribution in [3.05, 3.63) is 0 Å². The lowest BCUT2D eigenvalue weighted by Crippen LogP contribution is -2.22. The van der Waals surface area contributed by atoms with E-state index in [4.69, 9.17) is 4.74 Å². The predicted octanol–water partition coefficient (Wildman–Crippen LogP) is 2.68. The Morgan fingerprint density at radius 1 is 1.50 bits per heavy atom. The van der Waals surface area contributed by atoms with E-state index in [1.54, 1.807) is 0 Å². The second-order valence-electron chi connectivity index (χ2n) is 3.77. The predicted molar refractivity (Wildman–Crippen MR) is 58.1 cm³/mol. The van der Waals surface area contributed by atoms with Gasteiger partial charge in [0.25, 0.3) is 0 Å². The van der Waals surface area contributed by atoms with Gasteiger partial charge in [-0.05, 0) is 33.2 Å². The summed E-state index contributed by atoms with van der Waals surface area (Å²) < 4.78 is 17.2. The number of halogens is 1. The lowest BCUT2D eigenvalue weighted by Gasteiger charge is -2.12. The molecule has 1 aliphatic heterocycles. The Morgan fingerprint density at radius 2 is 2.07 bits per heavy atom. The van der Waals surface area contributed by atoms with Crippen LogP contribution in [0, 0.1) is 5.92 Å². The van der Waals surface area contributed by atoms with Crippen LogP contribution in [0.3, 0.4) is 0 Å². The molecule has 1 heterocycles. The maximum Gasteiger partial charge on any atom is 0.195 e. The van der Waals surface area contributed by atoms with E-state index < -0.39 is 6.36 Å². The third-order valence-corrected chi connectivity index (χ3v) is 2.53. The first-order chi connectivity index (χ1) is 6.59. The monoisotopic (exact) mass is 205 g/mol. The molecule has 0 amide bonds. The fraction of sp³-hybridized carbons (Fsp3) is 1.00. The fourth-order valence-corrected chi connectivity index (χ4v) is 1.71. The normalized spacial score (nSPS) is 29.6. The molecule has 1 rings (SSSR count). The minimum absolute atomic E-state index is 0.517. The highest BCUT2D eigenvalue weighted by Gasteiger charge is 2.26. The smallest absolute Gasteiger partial charge is 0.195 e. The van der Waals surface area contributed by atoms with Crippen molar-refractivity contribution in [1.82, 2.24) is 4.90 Å². The standard InChI is InChI=1S/C9H18FNO.C2H6/c1-7-4-9(5-11(7)3)6-12-8(2)10;1-2/h7-9H,4-6H2,1-3H3;1-2H3/t7-,8?,9?;/m1./s1. The van der Waals surface area contributed by atoms with Crippen LogP contribution in [0.15, 0.2) is 0 Å². The lowest BCUT2D eigenvalue weighted by molar-refractivity contribution is -0.0387. The molecular weight excluding hydrogens is 181 g/mol. The van der Waals surface area contributed by atoms with Crippen molar-refractivity contribution < 1.29 is 9.13 Å². The number of ether oxygens (including phenoxy) is 1. The average molecular weight is 205 g/mol. The second-order valence-corrected chi connectivity index (χ2v) is 3.77. The highest BCUT2D eigenvalue weighted by molar-refractivity contribution is 4.79. The van der Waals surface area contributed by atoms with Crippen molar-refractivity contribution >= 4 is 0 Å². The summed E-state index contributed by atoms with van der Waals surface area (Å²) in [6.45, 7) is 9.22. The largest absolute Gasteiger partial charge is 0.348 e. The van der Waals surface area contributed by atoms with Gasteiger partial charge >= 0.3 is 0 Å². The summed E-state index contributed by atoms with van der Waals surface area (Å²) >= 11 is 0. The fourth-order valence-electron chi connectivity index (χ4n) is 1.71. The van der Waals surface area contributed by atoms with Gasteiger partial charge in [0.15, 0.2) is 6.36 Å². The van der Waals surface area contributed by atoms with Crippen LogP contribution in [0.5, 0.6) is 0 Å². The summed E-state index contributed by atoms with van der Waals surface area (Å²) in [6.07, 6.45) is 0.00895. The number of rotatable bonds is 3. The zero-order valence-electron chi connectivity index (χ0n) is 10.1. The van der Waals surface area contributed by atoms with E-state index in [2.05, 4.69) is 18.9 Å². The van der Waals surface area contributed by atoms with Crippen molar-refractivity contribution in [2.45, 2.75) is 46.5 Å². The molecule has 3 atom stereocenters. The molecule has 0 N–H and O–H groups in total. The molecule has 0 bridgehead atoms. The summed E-state index contributed by atoms with van der Waals surface area (Å²) in [7, 11) is 2.10. The average Bonchev–Trinajstić information content (AvgIpc) is 2.47. The van der Waals surface area contributed by atoms with E-state index in [1.165, 1.54) is 6.92 Å². The summed E-state index contributed by atoms with van der Waals surface area (Å²) in [5.74, 6) is 0.517. The van der Waals surface area contributed by atoms with Crippen LogP contribution in [0.4, 0.5) is 4.39 Å². The Bertz CT molecular complexity index is 131. The topological polar surface area (TPSA) is 12.5 Å². The van der Waals surface area contributed by atoms with Gasteiger partial charge in [-0.15, -0.1) is 0 Å². The zero-order chi connectivity index (χ0) is 11.1. The molecular formula is C11H24FNO. The quantitative estimate of drug-likeness (QED) is 0.702. The van der Waals surface area contributed by atoms with Gasteiger partial charge in [-0.2, -0.15) is 0 Å². The molecule has 3 heteroatoms. The van der Waals surface area contributed by atoms with E-state index in [9.17, 15) is 4.39 Å². The minimum Gasteiger partial charge on any atom is -0.348 e. The molecule has 0 radical (unpaired) electrons. The van der Waals surface area contributed by atoms with Crippen LogP contribution in [-0.4, -0.2) is 37.5 Å². The van der Waals surface area contributed by atoms with Crippen LogP contribution in [0.1, 0.15) is 34.1 Å². The number of hydrogen-bond acceptors (Lipinski definition) is 2. The highest BCUT2D eigenvalue weighted by Crippen LogP contribution is 2.21. The number of likely N-dealkylation sites (tertiary alicyclic amines) is 1. The van der Waals surface area contributed by atoms with Crippen molar-refractivity contribution in [3.63, 3.8) is 0 Å². The molecule has 0 aromatic rings. The van der Waals surface area contributed by atoms with Crippen LogP contribution in [0.2, 0.25) is 0 Å². The van der Waals surface area contributed by atoms with Gasteiger partial charge in [0.2, 0.25) is 0 Å². The molecule has 0 saturated carbocycles. The minimum atomic E-state index is -1.12. The van der Waals surface area contributed by atoms with Crippen molar-refractivity contribution in [3.8, 4) is 0 Å². The van der Waals surface area contributed by atoms with Crippen LogP contribution < -0.4 is 0 Å². The van der Waals surface area contributed by atoms with E-state index in [0.29, 0.717) is 18.6 Å². The molecule has 0 spiro atoms. The van der Waals surface area contributed by atoms with E-state index in [-0.39, 0.29) is 0 Å². The van der Waals surface area contributed by atoms with Gasteiger partial charge in [0.1, 0.15) is 0 Å². The second kappa shape index (κ2) is 7.18. The molecule has 1 aliphatic rings. The first-order valence-corrected chi connectivity index (χ1v) is 5.55. The Hall–Kier alpha value is -0.150.